The third kappa shape index (κ3) is 1.18. The Bertz CT molecular complexity index is 397. The standard InChI is InChI=1S/C10H8F2O2/c11-7-2-1-6(5-8(7)12)10(3-4-10)9(13)14/h1-2,5H,3-4H2,(H,13,14)/p-1. The highest BCUT2D eigenvalue weighted by Crippen LogP contribution is 2.47. The Labute approximate surface area is 79.2 Å². The first-order valence-corrected chi connectivity index (χ1v) is 4.23. The van der Waals surface area contributed by atoms with Gasteiger partial charge in [-0.25, -0.2) is 8.78 Å². The molecule has 0 unspecified atom stereocenters. The van der Waals surface area contributed by atoms with E-state index in [9.17, 15) is 18.7 Å². The zero-order valence-corrected chi connectivity index (χ0v) is 7.22. The number of carbonyl (C=O) groups is 1. The molecule has 0 saturated heterocycles. The topological polar surface area (TPSA) is 40.1 Å². The maximum absolute atomic E-state index is 12.8. The van der Waals surface area contributed by atoms with Gasteiger partial charge in [0.2, 0.25) is 0 Å². The minimum atomic E-state index is -1.22. The first-order valence-electron chi connectivity index (χ1n) is 4.23. The van der Waals surface area contributed by atoms with E-state index in [0.29, 0.717) is 12.8 Å². The summed E-state index contributed by atoms with van der Waals surface area (Å²) in [5.41, 5.74) is -0.787. The number of benzene rings is 1. The van der Waals surface area contributed by atoms with Crippen LogP contribution in [0.3, 0.4) is 0 Å². The van der Waals surface area contributed by atoms with Gasteiger partial charge in [-0.2, -0.15) is 0 Å². The fourth-order valence-corrected chi connectivity index (χ4v) is 1.53. The minimum Gasteiger partial charge on any atom is -0.549 e. The summed E-state index contributed by atoms with van der Waals surface area (Å²) in [6.45, 7) is 0. The van der Waals surface area contributed by atoms with Gasteiger partial charge in [-0.05, 0) is 30.5 Å². The second kappa shape index (κ2) is 2.77. The molecule has 0 radical (unpaired) electrons. The maximum atomic E-state index is 12.8. The lowest BCUT2D eigenvalue weighted by Crippen LogP contribution is -2.35. The molecule has 0 aliphatic heterocycles. The van der Waals surface area contributed by atoms with Crippen LogP contribution in [0.1, 0.15) is 18.4 Å². The van der Waals surface area contributed by atoms with Crippen molar-refractivity contribution < 1.29 is 18.7 Å². The Kier molecular flexibility index (Phi) is 1.80. The van der Waals surface area contributed by atoms with Crippen LogP contribution in [0.25, 0.3) is 0 Å². The van der Waals surface area contributed by atoms with E-state index in [2.05, 4.69) is 0 Å². The lowest BCUT2D eigenvalue weighted by Gasteiger charge is -2.16. The molecule has 0 atom stereocenters. The fraction of sp³-hybridized carbons (Fsp3) is 0.300. The number of aliphatic carboxylic acids is 1. The third-order valence-electron chi connectivity index (χ3n) is 2.61. The summed E-state index contributed by atoms with van der Waals surface area (Å²) in [6, 6.07) is 3.16. The first kappa shape index (κ1) is 9.12. The zero-order valence-electron chi connectivity index (χ0n) is 7.22. The monoisotopic (exact) mass is 197 g/mol. The molecule has 1 saturated carbocycles. The molecule has 14 heavy (non-hydrogen) atoms. The fourth-order valence-electron chi connectivity index (χ4n) is 1.53. The lowest BCUT2D eigenvalue weighted by atomic mass is 9.96. The molecule has 1 aromatic rings. The molecule has 1 fully saturated rings. The van der Waals surface area contributed by atoms with Crippen LogP contribution < -0.4 is 5.11 Å². The molecule has 0 spiro atoms. The average Bonchev–Trinajstić information content (AvgIpc) is 2.90. The second-order valence-electron chi connectivity index (χ2n) is 3.50. The van der Waals surface area contributed by atoms with Crippen LogP contribution in [-0.4, -0.2) is 5.97 Å². The predicted molar refractivity (Wildman–Crippen MR) is 42.3 cm³/mol. The second-order valence-corrected chi connectivity index (χ2v) is 3.50. The van der Waals surface area contributed by atoms with Crippen molar-refractivity contribution in [2.75, 3.05) is 0 Å². The molecule has 4 heteroatoms. The van der Waals surface area contributed by atoms with E-state index in [4.69, 9.17) is 0 Å². The Hall–Kier alpha value is -1.45. The van der Waals surface area contributed by atoms with Crippen LogP contribution in [0, 0.1) is 11.6 Å². The van der Waals surface area contributed by atoms with E-state index in [1.807, 2.05) is 0 Å². The number of hydrogen-bond acceptors (Lipinski definition) is 2. The number of carboxylic acid groups (broad SMARTS) is 1. The van der Waals surface area contributed by atoms with Gasteiger partial charge in [-0.3, -0.25) is 0 Å². The van der Waals surface area contributed by atoms with E-state index in [0.717, 1.165) is 12.1 Å². The molecule has 0 aromatic heterocycles. The van der Waals surface area contributed by atoms with Gasteiger partial charge >= 0.3 is 0 Å². The van der Waals surface area contributed by atoms with Crippen molar-refractivity contribution >= 4 is 5.97 Å². The van der Waals surface area contributed by atoms with Crippen molar-refractivity contribution in [2.45, 2.75) is 18.3 Å². The number of rotatable bonds is 2. The summed E-state index contributed by atoms with van der Waals surface area (Å²) in [4.78, 5) is 10.8. The van der Waals surface area contributed by atoms with E-state index >= 15 is 0 Å². The molecule has 0 amide bonds. The number of carboxylic acids is 1. The maximum Gasteiger partial charge on any atom is 0.159 e. The van der Waals surface area contributed by atoms with Crippen molar-refractivity contribution in [1.82, 2.24) is 0 Å². The predicted octanol–water partition coefficient (Wildman–Crippen LogP) is 0.746. The molecule has 0 N–H and O–H groups in total. The molecule has 1 aliphatic rings. The Morgan fingerprint density at radius 2 is 1.93 bits per heavy atom. The minimum absolute atomic E-state index is 0.288. The van der Waals surface area contributed by atoms with Gasteiger partial charge in [0.05, 0.1) is 5.97 Å². The van der Waals surface area contributed by atoms with Crippen molar-refractivity contribution in [3.05, 3.63) is 35.4 Å². The smallest absolute Gasteiger partial charge is 0.159 e. The Morgan fingerprint density at radius 3 is 2.36 bits per heavy atom. The number of carbonyl (C=O) groups excluding carboxylic acids is 1. The lowest BCUT2D eigenvalue weighted by molar-refractivity contribution is -0.309. The zero-order chi connectivity index (χ0) is 10.3. The summed E-state index contributed by atoms with van der Waals surface area (Å²) in [5, 5.41) is 10.8. The van der Waals surface area contributed by atoms with Crippen LogP contribution in [-0.2, 0) is 10.2 Å². The molecule has 1 aromatic carbocycles. The number of hydrogen-bond donors (Lipinski definition) is 0. The van der Waals surface area contributed by atoms with Gasteiger partial charge in [-0.1, -0.05) is 6.07 Å². The molecule has 2 rings (SSSR count). The first-order chi connectivity index (χ1) is 6.56. The normalized spacial score (nSPS) is 17.9. The van der Waals surface area contributed by atoms with Gasteiger partial charge in [0.15, 0.2) is 11.6 Å². The third-order valence-corrected chi connectivity index (χ3v) is 2.61. The Morgan fingerprint density at radius 1 is 1.29 bits per heavy atom. The molecule has 1 aliphatic carbocycles. The van der Waals surface area contributed by atoms with E-state index < -0.39 is 23.0 Å². The summed E-state index contributed by atoms with van der Waals surface area (Å²) in [6.07, 6.45) is 0.862. The highest BCUT2D eigenvalue weighted by Gasteiger charge is 2.46. The van der Waals surface area contributed by atoms with Crippen molar-refractivity contribution in [2.24, 2.45) is 0 Å². The van der Waals surface area contributed by atoms with E-state index in [1.54, 1.807) is 0 Å². The van der Waals surface area contributed by atoms with Gasteiger partial charge in [0, 0.05) is 5.41 Å². The van der Waals surface area contributed by atoms with Crippen LogP contribution in [0.5, 0.6) is 0 Å². The molecule has 2 nitrogen and oxygen atoms in total. The highest BCUT2D eigenvalue weighted by atomic mass is 19.2. The average molecular weight is 197 g/mol. The van der Waals surface area contributed by atoms with Gasteiger partial charge in [0.1, 0.15) is 0 Å². The van der Waals surface area contributed by atoms with Crippen molar-refractivity contribution in [3.63, 3.8) is 0 Å². The van der Waals surface area contributed by atoms with Gasteiger partial charge < -0.3 is 9.90 Å². The molecule has 0 heterocycles. The Balaban J connectivity index is 2.43. The molecular weight excluding hydrogens is 190 g/mol. The quantitative estimate of drug-likeness (QED) is 0.701. The van der Waals surface area contributed by atoms with Crippen LogP contribution in [0.2, 0.25) is 0 Å². The van der Waals surface area contributed by atoms with E-state index in [1.165, 1.54) is 6.07 Å². The van der Waals surface area contributed by atoms with Gasteiger partial charge in [-0.15, -0.1) is 0 Å². The van der Waals surface area contributed by atoms with Crippen LogP contribution in [0.15, 0.2) is 18.2 Å². The highest BCUT2D eigenvalue weighted by molar-refractivity contribution is 5.83. The van der Waals surface area contributed by atoms with Crippen LogP contribution >= 0.6 is 0 Å². The summed E-state index contributed by atoms with van der Waals surface area (Å²) >= 11 is 0. The molecule has 0 bridgehead atoms. The van der Waals surface area contributed by atoms with Crippen molar-refractivity contribution in [1.29, 1.82) is 0 Å². The molecular formula is C10H7F2O2-. The number of halogens is 2. The largest absolute Gasteiger partial charge is 0.549 e. The van der Waals surface area contributed by atoms with Gasteiger partial charge in [0.25, 0.3) is 0 Å². The van der Waals surface area contributed by atoms with Crippen LogP contribution in [0.4, 0.5) is 8.78 Å². The van der Waals surface area contributed by atoms with E-state index in [-0.39, 0.29) is 5.56 Å². The summed E-state index contributed by atoms with van der Waals surface area (Å²) < 4.78 is 25.4. The summed E-state index contributed by atoms with van der Waals surface area (Å²) in [7, 11) is 0. The van der Waals surface area contributed by atoms with Crippen molar-refractivity contribution in [3.8, 4) is 0 Å². The SMILES string of the molecule is O=C([O-])C1(c2ccc(F)c(F)c2)CC1. The molecule has 74 valence electrons. The summed E-state index contributed by atoms with van der Waals surface area (Å²) in [5.74, 6) is -3.21.